The molecule has 2 aliphatic rings. The lowest BCUT2D eigenvalue weighted by atomic mass is 9.84. The Labute approximate surface area is 94.2 Å². The van der Waals surface area contributed by atoms with Gasteiger partial charge in [-0.1, -0.05) is 20.3 Å². The van der Waals surface area contributed by atoms with Gasteiger partial charge in [0.1, 0.15) is 0 Å². The fourth-order valence-corrected chi connectivity index (χ4v) is 3.56. The fraction of sp³-hybridized carbons (Fsp3) is 1.00. The van der Waals surface area contributed by atoms with Crippen molar-refractivity contribution in [2.75, 3.05) is 19.6 Å². The molecule has 0 aromatic heterocycles. The zero-order valence-corrected chi connectivity index (χ0v) is 10.3. The maximum atomic E-state index is 5.81. The number of nitrogens with zero attached hydrogens (tertiary/aromatic N) is 1. The first-order chi connectivity index (χ1) is 7.13. The molecule has 1 heterocycles. The second kappa shape index (κ2) is 4.42. The third-order valence-electron chi connectivity index (χ3n) is 4.53. The van der Waals surface area contributed by atoms with Crippen LogP contribution in [-0.4, -0.2) is 30.6 Å². The molecule has 15 heavy (non-hydrogen) atoms. The number of piperidine rings is 1. The molecule has 0 bridgehead atoms. The molecule has 2 heteroatoms. The van der Waals surface area contributed by atoms with E-state index in [4.69, 9.17) is 5.73 Å². The Morgan fingerprint density at radius 3 is 2.67 bits per heavy atom. The van der Waals surface area contributed by atoms with E-state index in [0.29, 0.717) is 5.41 Å². The van der Waals surface area contributed by atoms with Gasteiger partial charge >= 0.3 is 0 Å². The zero-order valence-electron chi connectivity index (χ0n) is 10.3. The molecule has 2 fully saturated rings. The van der Waals surface area contributed by atoms with Gasteiger partial charge in [0.15, 0.2) is 0 Å². The van der Waals surface area contributed by atoms with Crippen molar-refractivity contribution >= 4 is 0 Å². The normalized spacial score (nSPS) is 37.0. The van der Waals surface area contributed by atoms with Gasteiger partial charge in [-0.3, -0.25) is 4.90 Å². The summed E-state index contributed by atoms with van der Waals surface area (Å²) in [5.41, 5.74) is 6.34. The number of rotatable bonds is 2. The molecule has 88 valence electrons. The van der Waals surface area contributed by atoms with Crippen LogP contribution in [0, 0.1) is 11.3 Å². The first-order valence-electron chi connectivity index (χ1n) is 6.57. The highest BCUT2D eigenvalue weighted by Gasteiger charge is 2.39. The second-order valence-electron chi connectivity index (χ2n) is 6.14. The van der Waals surface area contributed by atoms with Crippen molar-refractivity contribution < 1.29 is 0 Å². The van der Waals surface area contributed by atoms with Crippen LogP contribution >= 0.6 is 0 Å². The van der Waals surface area contributed by atoms with E-state index >= 15 is 0 Å². The predicted molar refractivity (Wildman–Crippen MR) is 64.8 cm³/mol. The molecule has 1 saturated carbocycles. The highest BCUT2D eigenvalue weighted by atomic mass is 15.2. The molecular weight excluding hydrogens is 184 g/mol. The number of hydrogen-bond donors (Lipinski definition) is 1. The van der Waals surface area contributed by atoms with Gasteiger partial charge in [-0.05, 0) is 50.1 Å². The Bertz CT molecular complexity index is 213. The quantitative estimate of drug-likeness (QED) is 0.757. The topological polar surface area (TPSA) is 29.3 Å². The minimum atomic E-state index is 0.538. The van der Waals surface area contributed by atoms with Crippen LogP contribution in [0.3, 0.4) is 0 Å². The van der Waals surface area contributed by atoms with Gasteiger partial charge in [-0.15, -0.1) is 0 Å². The summed E-state index contributed by atoms with van der Waals surface area (Å²) >= 11 is 0. The molecule has 2 rings (SSSR count). The van der Waals surface area contributed by atoms with Crippen molar-refractivity contribution in [3.63, 3.8) is 0 Å². The Morgan fingerprint density at radius 2 is 2.07 bits per heavy atom. The van der Waals surface area contributed by atoms with Gasteiger partial charge in [0.2, 0.25) is 0 Å². The van der Waals surface area contributed by atoms with Gasteiger partial charge in [0, 0.05) is 12.6 Å². The maximum Gasteiger partial charge on any atom is 0.0146 e. The van der Waals surface area contributed by atoms with E-state index in [0.717, 1.165) is 18.5 Å². The monoisotopic (exact) mass is 210 g/mol. The standard InChI is InChI=1S/C13H26N2/c1-13(2)7-3-6-12(13)15-8-4-5-11(9-14)10-15/h11-12H,3-10,14H2,1-2H3. The lowest BCUT2D eigenvalue weighted by Gasteiger charge is -2.42. The average Bonchev–Trinajstić information content (AvgIpc) is 2.58. The van der Waals surface area contributed by atoms with Crippen molar-refractivity contribution in [3.8, 4) is 0 Å². The fourth-order valence-electron chi connectivity index (χ4n) is 3.56. The summed E-state index contributed by atoms with van der Waals surface area (Å²) in [5.74, 6) is 0.759. The van der Waals surface area contributed by atoms with E-state index in [9.17, 15) is 0 Å². The molecule has 0 spiro atoms. The lowest BCUT2D eigenvalue weighted by Crippen LogP contribution is -2.48. The van der Waals surface area contributed by atoms with Gasteiger partial charge in [0.05, 0.1) is 0 Å². The molecule has 0 radical (unpaired) electrons. The third-order valence-corrected chi connectivity index (χ3v) is 4.53. The SMILES string of the molecule is CC1(C)CCCC1N1CCCC(CN)C1. The molecule has 1 saturated heterocycles. The Morgan fingerprint density at radius 1 is 1.27 bits per heavy atom. The Hall–Kier alpha value is -0.0800. The molecule has 2 N–H and O–H groups in total. The van der Waals surface area contributed by atoms with Crippen LogP contribution in [0.5, 0.6) is 0 Å². The van der Waals surface area contributed by atoms with Crippen LogP contribution in [0.25, 0.3) is 0 Å². The summed E-state index contributed by atoms with van der Waals surface area (Å²) in [6.45, 7) is 8.33. The number of nitrogens with two attached hydrogens (primary N) is 1. The minimum Gasteiger partial charge on any atom is -0.330 e. The largest absolute Gasteiger partial charge is 0.330 e. The van der Waals surface area contributed by atoms with Crippen molar-refractivity contribution in [2.45, 2.75) is 52.0 Å². The van der Waals surface area contributed by atoms with Crippen molar-refractivity contribution in [1.29, 1.82) is 0 Å². The highest BCUT2D eigenvalue weighted by molar-refractivity contribution is 4.93. The summed E-state index contributed by atoms with van der Waals surface area (Å²) in [5, 5.41) is 0. The van der Waals surface area contributed by atoms with E-state index < -0.39 is 0 Å². The highest BCUT2D eigenvalue weighted by Crippen LogP contribution is 2.41. The molecule has 1 aliphatic carbocycles. The average molecular weight is 210 g/mol. The molecule has 2 unspecified atom stereocenters. The van der Waals surface area contributed by atoms with Crippen molar-refractivity contribution in [1.82, 2.24) is 4.90 Å². The van der Waals surface area contributed by atoms with E-state index in [-0.39, 0.29) is 0 Å². The second-order valence-corrected chi connectivity index (χ2v) is 6.14. The van der Waals surface area contributed by atoms with Crippen molar-refractivity contribution in [2.24, 2.45) is 17.1 Å². The van der Waals surface area contributed by atoms with Crippen LogP contribution in [0.4, 0.5) is 0 Å². The summed E-state index contributed by atoms with van der Waals surface area (Å²) in [6, 6.07) is 0.826. The summed E-state index contributed by atoms with van der Waals surface area (Å²) < 4.78 is 0. The number of likely N-dealkylation sites (tertiary alicyclic amines) is 1. The van der Waals surface area contributed by atoms with E-state index in [1.165, 1.54) is 45.2 Å². The molecule has 1 aliphatic heterocycles. The van der Waals surface area contributed by atoms with Gasteiger partial charge < -0.3 is 5.73 Å². The molecule has 0 amide bonds. The van der Waals surface area contributed by atoms with Crippen LogP contribution in [0.15, 0.2) is 0 Å². The summed E-state index contributed by atoms with van der Waals surface area (Å²) in [6.07, 6.45) is 6.93. The Balaban J connectivity index is 1.97. The van der Waals surface area contributed by atoms with Gasteiger partial charge in [-0.2, -0.15) is 0 Å². The van der Waals surface area contributed by atoms with Crippen LogP contribution in [0.1, 0.15) is 46.0 Å². The first-order valence-corrected chi connectivity index (χ1v) is 6.57. The molecule has 2 atom stereocenters. The van der Waals surface area contributed by atoms with Crippen LogP contribution in [-0.2, 0) is 0 Å². The van der Waals surface area contributed by atoms with E-state index in [1.54, 1.807) is 0 Å². The molecular formula is C13H26N2. The van der Waals surface area contributed by atoms with Crippen LogP contribution < -0.4 is 5.73 Å². The van der Waals surface area contributed by atoms with E-state index in [2.05, 4.69) is 18.7 Å². The van der Waals surface area contributed by atoms with E-state index in [1.807, 2.05) is 0 Å². The lowest BCUT2D eigenvalue weighted by molar-refractivity contribution is 0.0698. The zero-order chi connectivity index (χ0) is 10.9. The predicted octanol–water partition coefficient (Wildman–Crippen LogP) is 2.24. The molecule has 0 aromatic rings. The van der Waals surface area contributed by atoms with Crippen molar-refractivity contribution in [3.05, 3.63) is 0 Å². The van der Waals surface area contributed by atoms with Crippen LogP contribution in [0.2, 0.25) is 0 Å². The van der Waals surface area contributed by atoms with Gasteiger partial charge in [-0.25, -0.2) is 0 Å². The Kier molecular flexibility index (Phi) is 3.36. The molecule has 0 aromatic carbocycles. The third kappa shape index (κ3) is 2.36. The van der Waals surface area contributed by atoms with Gasteiger partial charge in [0.25, 0.3) is 0 Å². The summed E-state index contributed by atoms with van der Waals surface area (Å²) in [4.78, 5) is 2.73. The first kappa shape index (κ1) is 11.4. The smallest absolute Gasteiger partial charge is 0.0146 e. The molecule has 2 nitrogen and oxygen atoms in total. The minimum absolute atomic E-state index is 0.538. The summed E-state index contributed by atoms with van der Waals surface area (Å²) in [7, 11) is 0. The maximum absolute atomic E-state index is 5.81. The number of hydrogen-bond acceptors (Lipinski definition) is 2.